The molecule has 0 spiro atoms. The van der Waals surface area contributed by atoms with Crippen LogP contribution in [0.25, 0.3) is 21.9 Å². The largest absolute Gasteiger partial charge is 0.458 e. The molecule has 0 unspecified atom stereocenters. The second kappa shape index (κ2) is 5.73. The summed E-state index contributed by atoms with van der Waals surface area (Å²) in [5.41, 5.74) is 3.80. The number of fused-ring (bicyclic) bond motifs is 5. The zero-order valence-corrected chi connectivity index (χ0v) is 15.9. The number of furan rings is 1. The predicted molar refractivity (Wildman–Crippen MR) is 108 cm³/mol. The molecule has 2 aromatic heterocycles. The maximum atomic E-state index is 13.1. The molecule has 2 aromatic carbocycles. The van der Waals surface area contributed by atoms with Crippen molar-refractivity contribution in [3.8, 4) is 0 Å². The third-order valence-corrected chi connectivity index (χ3v) is 6.17. The first kappa shape index (κ1) is 16.4. The highest BCUT2D eigenvalue weighted by molar-refractivity contribution is 5.97. The van der Waals surface area contributed by atoms with Gasteiger partial charge in [-0.25, -0.2) is 0 Å². The molecule has 1 fully saturated rings. The molecule has 6 heteroatoms. The zero-order chi connectivity index (χ0) is 19.7. The Balaban J connectivity index is 1.62. The Hall–Kier alpha value is -3.54. The number of amides is 2. The van der Waals surface area contributed by atoms with E-state index in [0.29, 0.717) is 12.2 Å². The minimum Gasteiger partial charge on any atom is -0.458 e. The van der Waals surface area contributed by atoms with E-state index in [1.807, 2.05) is 48.5 Å². The fraction of sp³-hybridized carbons (Fsp3) is 0.217. The third-order valence-electron chi connectivity index (χ3n) is 6.17. The lowest BCUT2D eigenvalue weighted by Gasteiger charge is -2.45. The van der Waals surface area contributed by atoms with Gasteiger partial charge >= 0.3 is 0 Å². The molecule has 0 radical (unpaired) electrons. The van der Waals surface area contributed by atoms with Crippen LogP contribution in [0.2, 0.25) is 0 Å². The van der Waals surface area contributed by atoms with Crippen LogP contribution >= 0.6 is 0 Å². The number of para-hydroxylation sites is 2. The number of nitrogens with zero attached hydrogens (tertiary/aromatic N) is 2. The van der Waals surface area contributed by atoms with Gasteiger partial charge in [-0.15, -0.1) is 0 Å². The van der Waals surface area contributed by atoms with E-state index in [9.17, 15) is 9.59 Å². The van der Waals surface area contributed by atoms with E-state index < -0.39 is 12.1 Å². The Morgan fingerprint density at radius 3 is 2.72 bits per heavy atom. The Morgan fingerprint density at radius 1 is 1.07 bits per heavy atom. The lowest BCUT2D eigenvalue weighted by Crippen LogP contribution is -2.62. The second-order valence-corrected chi connectivity index (χ2v) is 7.87. The molecular formula is C23H19N3O3. The van der Waals surface area contributed by atoms with Crippen molar-refractivity contribution in [3.63, 3.8) is 0 Å². The summed E-state index contributed by atoms with van der Waals surface area (Å²) < 4.78 is 6.18. The summed E-state index contributed by atoms with van der Waals surface area (Å²) >= 11 is 0. The van der Waals surface area contributed by atoms with E-state index in [1.54, 1.807) is 11.9 Å². The number of benzene rings is 2. The first-order valence-electron chi connectivity index (χ1n) is 9.76. The van der Waals surface area contributed by atoms with Gasteiger partial charge in [0.15, 0.2) is 0 Å². The quantitative estimate of drug-likeness (QED) is 0.547. The Morgan fingerprint density at radius 2 is 1.86 bits per heavy atom. The monoisotopic (exact) mass is 385 g/mol. The van der Waals surface area contributed by atoms with Gasteiger partial charge in [0.2, 0.25) is 11.8 Å². The third kappa shape index (κ3) is 2.23. The number of aromatic amines is 1. The summed E-state index contributed by atoms with van der Waals surface area (Å²) in [6, 6.07) is 16.9. The molecule has 1 N–H and O–H groups in total. The average molecular weight is 385 g/mol. The van der Waals surface area contributed by atoms with Gasteiger partial charge in [0.05, 0.1) is 12.2 Å². The molecule has 144 valence electrons. The van der Waals surface area contributed by atoms with E-state index in [2.05, 4.69) is 11.1 Å². The molecule has 4 heterocycles. The SMILES string of the molecule is CN1CC(=O)N2[C@@H](c3cc4ccccc4o3)c3[nH]c4ccccc4c3C[C@@H]2C1=O. The molecule has 0 saturated carbocycles. The van der Waals surface area contributed by atoms with E-state index in [1.165, 1.54) is 4.90 Å². The van der Waals surface area contributed by atoms with Crippen molar-refractivity contribution in [2.75, 3.05) is 13.6 Å². The van der Waals surface area contributed by atoms with Crippen molar-refractivity contribution in [1.29, 1.82) is 0 Å². The van der Waals surface area contributed by atoms with E-state index in [0.717, 1.165) is 33.1 Å². The number of likely N-dealkylation sites (N-methyl/N-ethyl adjacent to an activating group) is 1. The standard InChI is InChI=1S/C23H19N3O3/c1-25-12-20(27)26-17(23(25)28)11-15-14-7-3-4-8-16(14)24-21(15)22(26)19-10-13-6-2-5-9-18(13)29-19/h2-10,17,22,24H,11-12H2,1H3/t17-,22+/m1/s1. The van der Waals surface area contributed by atoms with Crippen LogP contribution in [0.1, 0.15) is 23.1 Å². The number of nitrogens with one attached hydrogen (secondary N) is 1. The summed E-state index contributed by atoms with van der Waals surface area (Å²) in [5, 5.41) is 2.08. The van der Waals surface area contributed by atoms with Gasteiger partial charge < -0.3 is 19.2 Å². The topological polar surface area (TPSA) is 69.6 Å². The van der Waals surface area contributed by atoms with E-state index in [4.69, 9.17) is 4.42 Å². The molecule has 6 rings (SSSR count). The molecule has 2 aliphatic rings. The summed E-state index contributed by atoms with van der Waals surface area (Å²) in [6.07, 6.45) is 0.505. The average Bonchev–Trinajstić information content (AvgIpc) is 3.31. The van der Waals surface area contributed by atoms with E-state index >= 15 is 0 Å². The molecule has 4 aromatic rings. The second-order valence-electron chi connectivity index (χ2n) is 7.87. The lowest BCUT2D eigenvalue weighted by molar-refractivity contribution is -0.157. The first-order valence-corrected chi connectivity index (χ1v) is 9.76. The van der Waals surface area contributed by atoms with Gasteiger partial charge in [-0.3, -0.25) is 9.59 Å². The van der Waals surface area contributed by atoms with Crippen molar-refractivity contribution >= 4 is 33.7 Å². The van der Waals surface area contributed by atoms with Crippen LogP contribution in [-0.2, 0) is 16.0 Å². The molecule has 1 saturated heterocycles. The van der Waals surface area contributed by atoms with Gasteiger partial charge in [0.1, 0.15) is 23.4 Å². The van der Waals surface area contributed by atoms with Gasteiger partial charge in [-0.2, -0.15) is 0 Å². The lowest BCUT2D eigenvalue weighted by atomic mass is 9.88. The van der Waals surface area contributed by atoms with Crippen LogP contribution in [-0.4, -0.2) is 46.2 Å². The molecular weight excluding hydrogens is 366 g/mol. The van der Waals surface area contributed by atoms with Crippen molar-refractivity contribution in [2.45, 2.75) is 18.5 Å². The van der Waals surface area contributed by atoms with Gasteiger partial charge in [-0.1, -0.05) is 36.4 Å². The summed E-state index contributed by atoms with van der Waals surface area (Å²) in [6.45, 7) is 0.0849. The number of hydrogen-bond acceptors (Lipinski definition) is 3. The van der Waals surface area contributed by atoms with Crippen LogP contribution in [0, 0.1) is 0 Å². The number of aromatic nitrogens is 1. The normalized spacial score (nSPS) is 21.7. The predicted octanol–water partition coefficient (Wildman–Crippen LogP) is 3.23. The Kier molecular flexibility index (Phi) is 3.25. The first-order chi connectivity index (χ1) is 14.1. The number of carbonyl (C=O) groups is 2. The smallest absolute Gasteiger partial charge is 0.245 e. The summed E-state index contributed by atoms with van der Waals surface area (Å²) in [7, 11) is 1.69. The fourth-order valence-corrected chi connectivity index (χ4v) is 4.84. The van der Waals surface area contributed by atoms with Crippen molar-refractivity contribution in [1.82, 2.24) is 14.8 Å². The summed E-state index contributed by atoms with van der Waals surface area (Å²) in [5.74, 6) is 0.586. The van der Waals surface area contributed by atoms with Crippen molar-refractivity contribution in [2.24, 2.45) is 0 Å². The molecule has 2 amide bonds. The highest BCUT2D eigenvalue weighted by Gasteiger charge is 2.48. The van der Waals surface area contributed by atoms with Gasteiger partial charge in [0.25, 0.3) is 0 Å². The van der Waals surface area contributed by atoms with E-state index in [-0.39, 0.29) is 18.4 Å². The van der Waals surface area contributed by atoms with Crippen LogP contribution in [0.15, 0.2) is 59.0 Å². The van der Waals surface area contributed by atoms with Crippen molar-refractivity contribution < 1.29 is 14.0 Å². The van der Waals surface area contributed by atoms with Crippen molar-refractivity contribution in [3.05, 3.63) is 71.6 Å². The van der Waals surface area contributed by atoms with Crippen LogP contribution in [0.4, 0.5) is 0 Å². The number of carbonyl (C=O) groups excluding carboxylic acids is 2. The zero-order valence-electron chi connectivity index (χ0n) is 15.9. The fourth-order valence-electron chi connectivity index (χ4n) is 4.84. The molecule has 0 aliphatic carbocycles. The van der Waals surface area contributed by atoms with Gasteiger partial charge in [0, 0.05) is 29.8 Å². The Labute approximate surface area is 166 Å². The summed E-state index contributed by atoms with van der Waals surface area (Å²) in [4.78, 5) is 32.9. The number of piperazine rings is 1. The maximum Gasteiger partial charge on any atom is 0.245 e. The molecule has 6 nitrogen and oxygen atoms in total. The Bertz CT molecular complexity index is 1270. The van der Waals surface area contributed by atoms with Gasteiger partial charge in [-0.05, 0) is 23.8 Å². The molecule has 29 heavy (non-hydrogen) atoms. The number of H-pyrrole nitrogens is 1. The molecule has 2 aliphatic heterocycles. The van der Waals surface area contributed by atoms with Crippen LogP contribution < -0.4 is 0 Å². The highest BCUT2D eigenvalue weighted by atomic mass is 16.3. The molecule has 0 bridgehead atoms. The molecule has 2 atom stereocenters. The minimum absolute atomic E-state index is 0.0263. The van der Waals surface area contributed by atoms with Crippen LogP contribution in [0.5, 0.6) is 0 Å². The number of hydrogen-bond donors (Lipinski definition) is 1. The number of rotatable bonds is 1. The minimum atomic E-state index is -0.522. The highest BCUT2D eigenvalue weighted by Crippen LogP contribution is 2.43. The van der Waals surface area contributed by atoms with Crippen LogP contribution in [0.3, 0.4) is 0 Å². The maximum absolute atomic E-state index is 13.1.